The first kappa shape index (κ1) is 20.0. The average molecular weight is 389 g/mol. The summed E-state index contributed by atoms with van der Waals surface area (Å²) in [4.78, 5) is 14.9. The van der Waals surface area contributed by atoms with Crippen molar-refractivity contribution in [2.45, 2.75) is 32.1 Å². The molecule has 0 aliphatic heterocycles. The second kappa shape index (κ2) is 8.36. The standard InChI is InChI=1S/C14H18F3N7OS/c1-4-10(25)18-5-6-19-11(12-21-22-23-24(12)8(2)3)13-20-9(7-26-13)14(15,16)17/h4,7-8,11,19H,1,5-6H2,2-3H3,(H,18,25). The number of aromatic nitrogens is 5. The lowest BCUT2D eigenvalue weighted by atomic mass is 10.2. The van der Waals surface area contributed by atoms with Crippen LogP contribution in [0.2, 0.25) is 0 Å². The molecule has 0 aromatic carbocycles. The molecule has 1 unspecified atom stereocenters. The Labute approximate surface area is 151 Å². The van der Waals surface area contributed by atoms with E-state index < -0.39 is 17.9 Å². The Morgan fingerprint density at radius 2 is 2.15 bits per heavy atom. The number of halogens is 3. The van der Waals surface area contributed by atoms with Gasteiger partial charge in [-0.3, -0.25) is 10.1 Å². The summed E-state index contributed by atoms with van der Waals surface area (Å²) in [6.45, 7) is 7.57. The van der Waals surface area contributed by atoms with Crippen molar-refractivity contribution in [1.82, 2.24) is 35.8 Å². The monoisotopic (exact) mass is 389 g/mol. The van der Waals surface area contributed by atoms with Gasteiger partial charge in [-0.25, -0.2) is 9.67 Å². The average Bonchev–Trinajstić information content (AvgIpc) is 3.23. The van der Waals surface area contributed by atoms with E-state index in [1.165, 1.54) is 4.68 Å². The smallest absolute Gasteiger partial charge is 0.351 e. The molecule has 2 aromatic heterocycles. The molecule has 0 saturated carbocycles. The molecule has 12 heteroatoms. The van der Waals surface area contributed by atoms with Crippen molar-refractivity contribution < 1.29 is 18.0 Å². The van der Waals surface area contributed by atoms with Crippen LogP contribution in [0.15, 0.2) is 18.0 Å². The van der Waals surface area contributed by atoms with Gasteiger partial charge in [-0.15, -0.1) is 16.4 Å². The number of rotatable bonds is 8. The van der Waals surface area contributed by atoms with E-state index in [2.05, 4.69) is 37.7 Å². The van der Waals surface area contributed by atoms with Crippen LogP contribution in [-0.4, -0.2) is 44.2 Å². The Kier molecular flexibility index (Phi) is 6.42. The summed E-state index contributed by atoms with van der Waals surface area (Å²) in [7, 11) is 0. The van der Waals surface area contributed by atoms with Crippen LogP contribution in [-0.2, 0) is 11.0 Å². The molecule has 0 aliphatic rings. The van der Waals surface area contributed by atoms with Gasteiger partial charge in [0.05, 0.1) is 6.04 Å². The molecule has 0 spiro atoms. The van der Waals surface area contributed by atoms with Crippen LogP contribution in [0.5, 0.6) is 0 Å². The van der Waals surface area contributed by atoms with Gasteiger partial charge in [-0.2, -0.15) is 13.2 Å². The first-order valence-electron chi connectivity index (χ1n) is 7.68. The third-order valence-corrected chi connectivity index (χ3v) is 4.19. The number of carbonyl (C=O) groups excluding carboxylic acids is 1. The Balaban J connectivity index is 2.24. The van der Waals surface area contributed by atoms with Crippen molar-refractivity contribution in [3.05, 3.63) is 34.6 Å². The highest BCUT2D eigenvalue weighted by Crippen LogP contribution is 2.33. The van der Waals surface area contributed by atoms with Gasteiger partial charge >= 0.3 is 6.18 Å². The lowest BCUT2D eigenvalue weighted by Gasteiger charge is -2.17. The van der Waals surface area contributed by atoms with E-state index >= 15 is 0 Å². The van der Waals surface area contributed by atoms with Crippen molar-refractivity contribution in [2.24, 2.45) is 0 Å². The minimum absolute atomic E-state index is 0.0909. The molecule has 26 heavy (non-hydrogen) atoms. The number of carbonyl (C=O) groups is 1. The number of amides is 1. The SMILES string of the molecule is C=CC(=O)NCCNC(c1nc(C(F)(F)F)cs1)c1nnnn1C(C)C. The summed E-state index contributed by atoms with van der Waals surface area (Å²) in [5, 5.41) is 18.2. The van der Waals surface area contributed by atoms with Crippen LogP contribution >= 0.6 is 11.3 Å². The minimum Gasteiger partial charge on any atom is -0.351 e. The van der Waals surface area contributed by atoms with Crippen molar-refractivity contribution in [3.63, 3.8) is 0 Å². The second-order valence-corrected chi connectivity index (χ2v) is 6.42. The van der Waals surface area contributed by atoms with E-state index in [0.29, 0.717) is 5.82 Å². The van der Waals surface area contributed by atoms with Crippen LogP contribution < -0.4 is 10.6 Å². The highest BCUT2D eigenvalue weighted by Gasteiger charge is 2.35. The van der Waals surface area contributed by atoms with Crippen LogP contribution in [0.25, 0.3) is 0 Å². The Morgan fingerprint density at radius 1 is 1.42 bits per heavy atom. The number of hydrogen-bond donors (Lipinski definition) is 2. The van der Waals surface area contributed by atoms with Crippen molar-refractivity contribution in [1.29, 1.82) is 0 Å². The molecule has 2 rings (SSSR count). The zero-order valence-corrected chi connectivity index (χ0v) is 14.9. The molecule has 8 nitrogen and oxygen atoms in total. The van der Waals surface area contributed by atoms with Crippen molar-refractivity contribution in [2.75, 3.05) is 13.1 Å². The molecule has 1 atom stereocenters. The normalized spacial score (nSPS) is 13.0. The van der Waals surface area contributed by atoms with Gasteiger partial charge in [0.15, 0.2) is 11.5 Å². The summed E-state index contributed by atoms with van der Waals surface area (Å²) < 4.78 is 40.1. The van der Waals surface area contributed by atoms with Gasteiger partial charge < -0.3 is 5.32 Å². The summed E-state index contributed by atoms with van der Waals surface area (Å²) in [5.74, 6) is 0.00194. The van der Waals surface area contributed by atoms with Gasteiger partial charge in [0.25, 0.3) is 0 Å². The lowest BCUT2D eigenvalue weighted by molar-refractivity contribution is -0.140. The number of thiazole rings is 1. The van der Waals surface area contributed by atoms with E-state index in [9.17, 15) is 18.0 Å². The topological polar surface area (TPSA) is 97.6 Å². The van der Waals surface area contributed by atoms with Gasteiger partial charge in [0.1, 0.15) is 11.0 Å². The molecule has 0 fully saturated rings. The fraction of sp³-hybridized carbons (Fsp3) is 0.500. The Morgan fingerprint density at radius 3 is 2.73 bits per heavy atom. The van der Waals surface area contributed by atoms with Crippen LogP contribution in [0.4, 0.5) is 13.2 Å². The molecule has 2 aromatic rings. The third-order valence-electron chi connectivity index (χ3n) is 3.28. The maximum atomic E-state index is 12.9. The predicted molar refractivity (Wildman–Crippen MR) is 88.4 cm³/mol. The number of nitrogens with one attached hydrogen (secondary N) is 2. The maximum Gasteiger partial charge on any atom is 0.434 e. The number of nitrogens with zero attached hydrogens (tertiary/aromatic N) is 5. The van der Waals surface area contributed by atoms with Crippen LogP contribution in [0.1, 0.15) is 42.5 Å². The quantitative estimate of drug-likeness (QED) is 0.527. The Bertz CT molecular complexity index is 756. The molecule has 0 bridgehead atoms. The fourth-order valence-corrected chi connectivity index (χ4v) is 2.97. The molecule has 0 radical (unpaired) electrons. The molecular formula is C14H18F3N7OS. The summed E-state index contributed by atoms with van der Waals surface area (Å²) in [6.07, 6.45) is -3.39. The van der Waals surface area contributed by atoms with Crippen molar-refractivity contribution in [3.8, 4) is 0 Å². The molecule has 0 aliphatic carbocycles. The second-order valence-electron chi connectivity index (χ2n) is 5.53. The van der Waals surface area contributed by atoms with E-state index in [1.54, 1.807) is 0 Å². The highest BCUT2D eigenvalue weighted by molar-refractivity contribution is 7.09. The zero-order chi connectivity index (χ0) is 19.3. The summed E-state index contributed by atoms with van der Waals surface area (Å²) in [6, 6.07) is -0.832. The van der Waals surface area contributed by atoms with Gasteiger partial charge in [-0.05, 0) is 30.4 Å². The predicted octanol–water partition coefficient (Wildman–Crippen LogP) is 1.71. The minimum atomic E-state index is -4.53. The third kappa shape index (κ3) is 4.85. The molecule has 142 valence electrons. The Hall–Kier alpha value is -2.34. The largest absolute Gasteiger partial charge is 0.434 e. The number of alkyl halides is 3. The highest BCUT2D eigenvalue weighted by atomic mass is 32.1. The number of tetrazole rings is 1. The molecule has 1 amide bonds. The van der Waals surface area contributed by atoms with Crippen LogP contribution in [0.3, 0.4) is 0 Å². The fourth-order valence-electron chi connectivity index (χ4n) is 2.07. The first-order chi connectivity index (χ1) is 12.2. The molecule has 0 saturated heterocycles. The zero-order valence-electron chi connectivity index (χ0n) is 14.1. The maximum absolute atomic E-state index is 12.9. The van der Waals surface area contributed by atoms with E-state index in [4.69, 9.17) is 0 Å². The first-order valence-corrected chi connectivity index (χ1v) is 8.56. The van der Waals surface area contributed by atoms with Gasteiger partial charge in [0.2, 0.25) is 5.91 Å². The molecule has 2 N–H and O–H groups in total. The van der Waals surface area contributed by atoms with Gasteiger partial charge in [-0.1, -0.05) is 6.58 Å². The number of hydrogen-bond acceptors (Lipinski definition) is 7. The summed E-state index contributed by atoms with van der Waals surface area (Å²) in [5.41, 5.74) is -0.965. The van der Waals surface area contributed by atoms with E-state index in [-0.39, 0.29) is 30.0 Å². The molecular weight excluding hydrogens is 371 g/mol. The van der Waals surface area contributed by atoms with Crippen LogP contribution in [0, 0.1) is 0 Å². The van der Waals surface area contributed by atoms with Crippen molar-refractivity contribution >= 4 is 17.2 Å². The van der Waals surface area contributed by atoms with E-state index in [0.717, 1.165) is 22.8 Å². The lowest BCUT2D eigenvalue weighted by Crippen LogP contribution is -2.34. The van der Waals surface area contributed by atoms with Gasteiger partial charge in [0, 0.05) is 18.5 Å². The summed E-state index contributed by atoms with van der Waals surface area (Å²) >= 11 is 0.866. The molecule has 2 heterocycles. The van der Waals surface area contributed by atoms with E-state index in [1.807, 2.05) is 13.8 Å².